The Morgan fingerprint density at radius 2 is 2.00 bits per heavy atom. The molecule has 0 fully saturated rings. The molecule has 1 rings (SSSR count). The highest BCUT2D eigenvalue weighted by atomic mass is 16.5. The standard InChI is InChI=1S/C19H32N2O4/c1-6-21(12-18(23)20-19(2,3)4)11-16(22)14-25-13-15-9-7-8-10-17(15)24-5/h7-10,16,22H,6,11-14H2,1-5H3,(H,20,23)/t16-/m0/s1. The molecule has 1 aromatic carbocycles. The van der Waals surface area contributed by atoms with Gasteiger partial charge in [0.25, 0.3) is 0 Å². The van der Waals surface area contributed by atoms with Crippen molar-refractivity contribution < 1.29 is 19.4 Å². The van der Waals surface area contributed by atoms with Crippen molar-refractivity contribution in [2.45, 2.75) is 45.9 Å². The molecule has 0 heterocycles. The Bertz CT molecular complexity index is 528. The number of nitrogens with one attached hydrogen (secondary N) is 1. The largest absolute Gasteiger partial charge is 0.496 e. The maximum absolute atomic E-state index is 12.0. The fourth-order valence-electron chi connectivity index (χ4n) is 2.44. The van der Waals surface area contributed by atoms with E-state index in [0.29, 0.717) is 19.7 Å². The van der Waals surface area contributed by atoms with Crippen LogP contribution < -0.4 is 10.1 Å². The van der Waals surface area contributed by atoms with Crippen LogP contribution in [0.15, 0.2) is 24.3 Å². The number of hydrogen-bond acceptors (Lipinski definition) is 5. The normalized spacial score (nSPS) is 12.9. The molecule has 0 saturated carbocycles. The summed E-state index contributed by atoms with van der Waals surface area (Å²) in [6, 6.07) is 7.63. The van der Waals surface area contributed by atoms with Crippen LogP contribution in [0.4, 0.5) is 0 Å². The van der Waals surface area contributed by atoms with Crippen LogP contribution in [0.2, 0.25) is 0 Å². The van der Waals surface area contributed by atoms with Crippen LogP contribution in [0.25, 0.3) is 0 Å². The van der Waals surface area contributed by atoms with E-state index in [1.807, 2.05) is 56.9 Å². The molecule has 1 atom stereocenters. The number of amides is 1. The molecular formula is C19H32N2O4. The number of ether oxygens (including phenoxy) is 2. The van der Waals surface area contributed by atoms with Crippen molar-refractivity contribution in [3.8, 4) is 5.75 Å². The Hall–Kier alpha value is -1.63. The van der Waals surface area contributed by atoms with Crippen molar-refractivity contribution in [3.05, 3.63) is 29.8 Å². The Balaban J connectivity index is 2.38. The second kappa shape index (κ2) is 10.4. The zero-order chi connectivity index (χ0) is 18.9. The van der Waals surface area contributed by atoms with Gasteiger partial charge in [-0.05, 0) is 33.4 Å². The summed E-state index contributed by atoms with van der Waals surface area (Å²) in [5.74, 6) is 0.725. The smallest absolute Gasteiger partial charge is 0.234 e. The molecule has 6 heteroatoms. The van der Waals surface area contributed by atoms with Gasteiger partial charge in [0.15, 0.2) is 0 Å². The van der Waals surface area contributed by atoms with Crippen LogP contribution in [0, 0.1) is 0 Å². The van der Waals surface area contributed by atoms with Crippen LogP contribution in [-0.2, 0) is 16.1 Å². The Morgan fingerprint density at radius 3 is 2.60 bits per heavy atom. The van der Waals surface area contributed by atoms with Crippen LogP contribution in [0.3, 0.4) is 0 Å². The third-order valence-corrected chi connectivity index (χ3v) is 3.56. The van der Waals surface area contributed by atoms with Crippen molar-refractivity contribution in [1.29, 1.82) is 0 Å². The average molecular weight is 352 g/mol. The maximum atomic E-state index is 12.0. The lowest BCUT2D eigenvalue weighted by Crippen LogP contribution is -2.47. The first-order chi connectivity index (χ1) is 11.7. The van der Waals surface area contributed by atoms with Gasteiger partial charge in [0.1, 0.15) is 5.75 Å². The van der Waals surface area contributed by atoms with E-state index >= 15 is 0 Å². The number of methoxy groups -OCH3 is 1. The van der Waals surface area contributed by atoms with E-state index in [2.05, 4.69) is 5.32 Å². The van der Waals surface area contributed by atoms with E-state index in [0.717, 1.165) is 11.3 Å². The Labute approximate surface area is 151 Å². The number of rotatable bonds is 10. The molecule has 1 amide bonds. The molecule has 25 heavy (non-hydrogen) atoms. The van der Waals surface area contributed by atoms with Gasteiger partial charge in [0.05, 0.1) is 33.0 Å². The van der Waals surface area contributed by atoms with Crippen molar-refractivity contribution in [2.24, 2.45) is 0 Å². The fourth-order valence-corrected chi connectivity index (χ4v) is 2.44. The first-order valence-corrected chi connectivity index (χ1v) is 8.66. The molecule has 0 aliphatic rings. The number of nitrogens with zero attached hydrogens (tertiary/aromatic N) is 1. The van der Waals surface area contributed by atoms with E-state index in [1.165, 1.54) is 0 Å². The molecule has 1 aromatic rings. The van der Waals surface area contributed by atoms with Crippen LogP contribution >= 0.6 is 0 Å². The summed E-state index contributed by atoms with van der Waals surface area (Å²) in [5, 5.41) is 13.1. The highest BCUT2D eigenvalue weighted by Gasteiger charge is 2.18. The average Bonchev–Trinajstić information content (AvgIpc) is 2.52. The van der Waals surface area contributed by atoms with Gasteiger partial charge in [0, 0.05) is 17.6 Å². The molecule has 0 spiro atoms. The summed E-state index contributed by atoms with van der Waals surface area (Å²) in [4.78, 5) is 13.9. The van der Waals surface area contributed by atoms with Gasteiger partial charge in [-0.2, -0.15) is 0 Å². The fraction of sp³-hybridized carbons (Fsp3) is 0.632. The minimum atomic E-state index is -0.655. The van der Waals surface area contributed by atoms with E-state index in [1.54, 1.807) is 7.11 Å². The highest BCUT2D eigenvalue weighted by Crippen LogP contribution is 2.18. The van der Waals surface area contributed by atoms with Gasteiger partial charge < -0.3 is 19.9 Å². The molecule has 0 aliphatic heterocycles. The molecule has 142 valence electrons. The maximum Gasteiger partial charge on any atom is 0.234 e. The number of para-hydroxylation sites is 1. The highest BCUT2D eigenvalue weighted by molar-refractivity contribution is 5.78. The lowest BCUT2D eigenvalue weighted by molar-refractivity contribution is -0.124. The molecule has 0 bridgehead atoms. The van der Waals surface area contributed by atoms with Crippen molar-refractivity contribution in [2.75, 3.05) is 33.4 Å². The monoisotopic (exact) mass is 352 g/mol. The number of benzene rings is 1. The van der Waals surface area contributed by atoms with Gasteiger partial charge in [-0.15, -0.1) is 0 Å². The summed E-state index contributed by atoms with van der Waals surface area (Å²) >= 11 is 0. The molecule has 0 aromatic heterocycles. The van der Waals surface area contributed by atoms with Gasteiger partial charge in [-0.25, -0.2) is 0 Å². The first kappa shape index (κ1) is 21.4. The summed E-state index contributed by atoms with van der Waals surface area (Å²) in [6.07, 6.45) is -0.655. The van der Waals surface area contributed by atoms with E-state index in [9.17, 15) is 9.90 Å². The third kappa shape index (κ3) is 8.86. The zero-order valence-electron chi connectivity index (χ0n) is 16.0. The quantitative estimate of drug-likeness (QED) is 0.672. The van der Waals surface area contributed by atoms with Crippen molar-refractivity contribution in [1.82, 2.24) is 10.2 Å². The van der Waals surface area contributed by atoms with Gasteiger partial charge in [0.2, 0.25) is 5.91 Å². The molecule has 0 saturated heterocycles. The SMILES string of the molecule is CCN(CC(=O)NC(C)(C)C)C[C@H](O)COCc1ccccc1OC. The minimum absolute atomic E-state index is 0.0449. The van der Waals surface area contributed by atoms with Crippen molar-refractivity contribution in [3.63, 3.8) is 0 Å². The van der Waals surface area contributed by atoms with Crippen LogP contribution in [-0.4, -0.2) is 60.9 Å². The lowest BCUT2D eigenvalue weighted by Gasteiger charge is -2.26. The Morgan fingerprint density at radius 1 is 1.32 bits per heavy atom. The number of aliphatic hydroxyl groups excluding tert-OH is 1. The third-order valence-electron chi connectivity index (χ3n) is 3.56. The topological polar surface area (TPSA) is 71.0 Å². The number of aliphatic hydroxyl groups is 1. The number of hydrogen-bond donors (Lipinski definition) is 2. The second-order valence-electron chi connectivity index (χ2n) is 7.11. The second-order valence-corrected chi connectivity index (χ2v) is 7.11. The molecule has 2 N–H and O–H groups in total. The zero-order valence-corrected chi connectivity index (χ0v) is 16.0. The van der Waals surface area contributed by atoms with Gasteiger partial charge in [-0.1, -0.05) is 25.1 Å². The van der Waals surface area contributed by atoms with Crippen LogP contribution in [0.1, 0.15) is 33.3 Å². The predicted octanol–water partition coefficient (Wildman–Crippen LogP) is 1.81. The van der Waals surface area contributed by atoms with E-state index < -0.39 is 6.10 Å². The summed E-state index contributed by atoms with van der Waals surface area (Å²) in [5.41, 5.74) is 0.682. The molecule has 0 unspecified atom stereocenters. The molecule has 6 nitrogen and oxygen atoms in total. The predicted molar refractivity (Wildman–Crippen MR) is 98.7 cm³/mol. The van der Waals surface area contributed by atoms with E-state index in [4.69, 9.17) is 9.47 Å². The first-order valence-electron chi connectivity index (χ1n) is 8.66. The van der Waals surface area contributed by atoms with Gasteiger partial charge >= 0.3 is 0 Å². The molecule has 0 aliphatic carbocycles. The van der Waals surface area contributed by atoms with E-state index in [-0.39, 0.29) is 24.6 Å². The van der Waals surface area contributed by atoms with Crippen molar-refractivity contribution >= 4 is 5.91 Å². The lowest BCUT2D eigenvalue weighted by atomic mass is 10.1. The number of carbonyl (C=O) groups excluding carboxylic acids is 1. The number of likely N-dealkylation sites (N-methyl/N-ethyl adjacent to an activating group) is 1. The summed E-state index contributed by atoms with van der Waals surface area (Å²) in [7, 11) is 1.62. The molecular weight excluding hydrogens is 320 g/mol. The van der Waals surface area contributed by atoms with Crippen LogP contribution in [0.5, 0.6) is 5.75 Å². The number of carbonyl (C=O) groups is 1. The van der Waals surface area contributed by atoms with Gasteiger partial charge in [-0.3, -0.25) is 9.69 Å². The summed E-state index contributed by atoms with van der Waals surface area (Å²) in [6.45, 7) is 9.71. The minimum Gasteiger partial charge on any atom is -0.496 e. The Kier molecular flexibility index (Phi) is 8.89. The molecule has 0 radical (unpaired) electrons. The summed E-state index contributed by atoms with van der Waals surface area (Å²) < 4.78 is 10.9.